The first-order valence-electron chi connectivity index (χ1n) is 10.4. The van der Waals surface area contributed by atoms with E-state index < -0.39 is 10.0 Å². The molecule has 2 aromatic rings. The molecule has 2 aromatic carbocycles. The number of sulfonamides is 1. The van der Waals surface area contributed by atoms with Crippen LogP contribution in [0.2, 0.25) is 0 Å². The summed E-state index contributed by atoms with van der Waals surface area (Å²) in [5.74, 6) is 1.17. The zero-order valence-electron chi connectivity index (χ0n) is 17.9. The molecule has 0 N–H and O–H groups in total. The van der Waals surface area contributed by atoms with Crippen molar-refractivity contribution in [3.05, 3.63) is 54.1 Å². The van der Waals surface area contributed by atoms with Gasteiger partial charge in [-0.3, -0.25) is 9.10 Å². The number of carbonyl (C=O) groups excluding carboxylic acids is 1. The molecule has 0 bridgehead atoms. The van der Waals surface area contributed by atoms with Gasteiger partial charge in [-0.25, -0.2) is 8.42 Å². The molecule has 1 fully saturated rings. The second kappa shape index (κ2) is 9.51. The summed E-state index contributed by atoms with van der Waals surface area (Å²) < 4.78 is 32.5. The van der Waals surface area contributed by atoms with Crippen LogP contribution in [-0.2, 0) is 14.8 Å². The Hall–Kier alpha value is -2.54. The second-order valence-electron chi connectivity index (χ2n) is 7.85. The monoisotopic (exact) mass is 430 g/mol. The van der Waals surface area contributed by atoms with E-state index >= 15 is 0 Å². The summed E-state index contributed by atoms with van der Waals surface area (Å²) in [5.41, 5.74) is 1.53. The standard InChI is InChI=1S/C23H30N2O4S/c1-4-15-25(16-19-7-8-19)23(26)17-29-21-11-9-20(10-12-21)24(3)30(27,28)22-13-5-18(2)6-14-22/h5-6,9-14,19H,4,7-8,15-17H2,1-3H3. The van der Waals surface area contributed by atoms with E-state index in [0.717, 1.165) is 25.1 Å². The van der Waals surface area contributed by atoms with Crippen LogP contribution in [0.5, 0.6) is 5.75 Å². The van der Waals surface area contributed by atoms with Crippen LogP contribution in [0.3, 0.4) is 0 Å². The van der Waals surface area contributed by atoms with Gasteiger partial charge in [0.05, 0.1) is 10.6 Å². The van der Waals surface area contributed by atoms with Gasteiger partial charge < -0.3 is 9.64 Å². The number of ether oxygens (including phenoxy) is 1. The van der Waals surface area contributed by atoms with Crippen LogP contribution >= 0.6 is 0 Å². The first-order chi connectivity index (χ1) is 14.3. The quantitative estimate of drug-likeness (QED) is 0.574. The maximum absolute atomic E-state index is 12.8. The van der Waals surface area contributed by atoms with Crippen LogP contribution < -0.4 is 9.04 Å². The molecule has 7 heteroatoms. The number of carbonyl (C=O) groups is 1. The van der Waals surface area contributed by atoms with Gasteiger partial charge in [-0.05, 0) is 68.5 Å². The molecular weight excluding hydrogens is 400 g/mol. The van der Waals surface area contributed by atoms with E-state index in [2.05, 4.69) is 6.92 Å². The van der Waals surface area contributed by atoms with Crippen LogP contribution in [0.15, 0.2) is 53.4 Å². The molecule has 1 amide bonds. The summed E-state index contributed by atoms with van der Waals surface area (Å²) in [5, 5.41) is 0. The summed E-state index contributed by atoms with van der Waals surface area (Å²) in [4.78, 5) is 14.6. The number of aryl methyl sites for hydroxylation is 1. The third kappa shape index (κ3) is 5.53. The van der Waals surface area contributed by atoms with Crippen molar-refractivity contribution < 1.29 is 17.9 Å². The van der Waals surface area contributed by atoms with Crippen LogP contribution in [-0.4, -0.2) is 46.0 Å². The first-order valence-corrected chi connectivity index (χ1v) is 11.8. The van der Waals surface area contributed by atoms with Gasteiger partial charge in [0.15, 0.2) is 6.61 Å². The third-order valence-corrected chi connectivity index (χ3v) is 7.06. The fourth-order valence-electron chi connectivity index (χ4n) is 3.20. The van der Waals surface area contributed by atoms with Gasteiger partial charge in [-0.15, -0.1) is 0 Å². The highest BCUT2D eigenvalue weighted by molar-refractivity contribution is 7.92. The SMILES string of the molecule is CCCN(CC1CC1)C(=O)COc1ccc(N(C)S(=O)(=O)c2ccc(C)cc2)cc1. The maximum Gasteiger partial charge on any atom is 0.264 e. The summed E-state index contributed by atoms with van der Waals surface area (Å²) in [7, 11) is -2.12. The molecular formula is C23H30N2O4S. The minimum absolute atomic E-state index is 0.00751. The van der Waals surface area contributed by atoms with Crippen molar-refractivity contribution in [1.82, 2.24) is 4.90 Å². The number of anilines is 1. The van der Waals surface area contributed by atoms with Crippen LogP contribution in [0, 0.1) is 12.8 Å². The minimum atomic E-state index is -3.64. The molecule has 1 saturated carbocycles. The van der Waals surface area contributed by atoms with E-state index in [1.165, 1.54) is 24.2 Å². The average molecular weight is 431 g/mol. The van der Waals surface area contributed by atoms with Crippen LogP contribution in [0.25, 0.3) is 0 Å². The number of benzene rings is 2. The van der Waals surface area contributed by atoms with E-state index in [9.17, 15) is 13.2 Å². The predicted molar refractivity (Wildman–Crippen MR) is 118 cm³/mol. The zero-order chi connectivity index (χ0) is 21.7. The third-order valence-electron chi connectivity index (χ3n) is 5.26. The normalized spacial score (nSPS) is 13.7. The van der Waals surface area contributed by atoms with Gasteiger partial charge in [-0.1, -0.05) is 24.6 Å². The van der Waals surface area contributed by atoms with Crippen molar-refractivity contribution in [2.75, 3.05) is 31.0 Å². The molecule has 0 aromatic heterocycles. The molecule has 0 heterocycles. The molecule has 0 unspecified atom stereocenters. The Bertz CT molecular complexity index is 952. The predicted octanol–water partition coefficient (Wildman–Crippen LogP) is 3.85. The Labute approximate surface area is 179 Å². The van der Waals surface area contributed by atoms with Gasteiger partial charge in [0.1, 0.15) is 5.75 Å². The number of rotatable bonds is 10. The Morgan fingerprint density at radius 2 is 1.70 bits per heavy atom. The molecule has 0 saturated heterocycles. The Balaban J connectivity index is 1.61. The molecule has 1 aliphatic carbocycles. The van der Waals surface area contributed by atoms with Crippen molar-refractivity contribution in [1.29, 1.82) is 0 Å². The molecule has 0 radical (unpaired) electrons. The largest absolute Gasteiger partial charge is 0.484 e. The van der Waals surface area contributed by atoms with Crippen LogP contribution in [0.1, 0.15) is 31.7 Å². The second-order valence-corrected chi connectivity index (χ2v) is 9.82. The van der Waals surface area contributed by atoms with Gasteiger partial charge in [0.25, 0.3) is 15.9 Å². The summed E-state index contributed by atoms with van der Waals surface area (Å²) in [6, 6.07) is 13.5. The van der Waals surface area contributed by atoms with E-state index in [0.29, 0.717) is 17.4 Å². The first kappa shape index (κ1) is 22.2. The van der Waals surface area contributed by atoms with Gasteiger partial charge in [-0.2, -0.15) is 0 Å². The van der Waals surface area contributed by atoms with Crippen molar-refractivity contribution in [2.45, 2.75) is 38.0 Å². The molecule has 0 atom stereocenters. The summed E-state index contributed by atoms with van der Waals surface area (Å²) >= 11 is 0. The number of hydrogen-bond donors (Lipinski definition) is 0. The molecule has 30 heavy (non-hydrogen) atoms. The summed E-state index contributed by atoms with van der Waals surface area (Å²) in [6.45, 7) is 5.53. The van der Waals surface area contributed by atoms with Crippen molar-refractivity contribution in [3.8, 4) is 5.75 Å². The molecule has 3 rings (SSSR count). The number of hydrogen-bond acceptors (Lipinski definition) is 4. The Morgan fingerprint density at radius 3 is 2.27 bits per heavy atom. The maximum atomic E-state index is 12.8. The molecule has 1 aliphatic rings. The highest BCUT2D eigenvalue weighted by atomic mass is 32.2. The lowest BCUT2D eigenvalue weighted by molar-refractivity contribution is -0.133. The van der Waals surface area contributed by atoms with E-state index in [1.807, 2.05) is 11.8 Å². The van der Waals surface area contributed by atoms with Crippen molar-refractivity contribution >= 4 is 21.6 Å². The lowest BCUT2D eigenvalue weighted by atomic mass is 10.2. The fourth-order valence-corrected chi connectivity index (χ4v) is 4.39. The Morgan fingerprint density at radius 1 is 1.07 bits per heavy atom. The van der Waals surface area contributed by atoms with Crippen molar-refractivity contribution in [2.24, 2.45) is 5.92 Å². The number of amides is 1. The summed E-state index contributed by atoms with van der Waals surface area (Å²) in [6.07, 6.45) is 3.33. The van der Waals surface area contributed by atoms with Gasteiger partial charge in [0, 0.05) is 20.1 Å². The molecule has 0 spiro atoms. The topological polar surface area (TPSA) is 66.9 Å². The lowest BCUT2D eigenvalue weighted by Crippen LogP contribution is -2.37. The zero-order valence-corrected chi connectivity index (χ0v) is 18.7. The Kier molecular flexibility index (Phi) is 7.02. The van der Waals surface area contributed by atoms with Crippen LogP contribution in [0.4, 0.5) is 5.69 Å². The number of nitrogens with zero attached hydrogens (tertiary/aromatic N) is 2. The van der Waals surface area contributed by atoms with Crippen molar-refractivity contribution in [3.63, 3.8) is 0 Å². The molecule has 6 nitrogen and oxygen atoms in total. The van der Waals surface area contributed by atoms with E-state index in [1.54, 1.807) is 48.5 Å². The smallest absolute Gasteiger partial charge is 0.264 e. The molecule has 0 aliphatic heterocycles. The highest BCUT2D eigenvalue weighted by Gasteiger charge is 2.26. The average Bonchev–Trinajstić information content (AvgIpc) is 3.56. The van der Waals surface area contributed by atoms with E-state index in [-0.39, 0.29) is 17.4 Å². The lowest BCUT2D eigenvalue weighted by Gasteiger charge is -2.22. The molecule has 162 valence electrons. The highest BCUT2D eigenvalue weighted by Crippen LogP contribution is 2.30. The van der Waals surface area contributed by atoms with Gasteiger partial charge >= 0.3 is 0 Å². The minimum Gasteiger partial charge on any atom is -0.484 e. The fraction of sp³-hybridized carbons (Fsp3) is 0.435. The van der Waals surface area contributed by atoms with E-state index in [4.69, 9.17) is 4.74 Å². The van der Waals surface area contributed by atoms with Gasteiger partial charge in [0.2, 0.25) is 0 Å².